The Bertz CT molecular complexity index is 319. The molecule has 1 rings (SSSR count). The first-order valence-corrected chi connectivity index (χ1v) is 4.16. The summed E-state index contributed by atoms with van der Waals surface area (Å²) < 4.78 is 4.64. The Morgan fingerprint density at radius 3 is 2.93 bits per heavy atom. The van der Waals surface area contributed by atoms with Gasteiger partial charge in [-0.25, -0.2) is 4.79 Å². The first kappa shape index (κ1) is 10.2. The number of carbonyl (C=O) groups excluding carboxylic acids is 1. The monoisotopic (exact) mass is 196 g/mol. The molecule has 0 bridgehead atoms. The molecule has 0 aliphatic heterocycles. The van der Waals surface area contributed by atoms with E-state index in [4.69, 9.17) is 5.73 Å². The van der Waals surface area contributed by atoms with Gasteiger partial charge in [-0.3, -0.25) is 5.32 Å². The van der Waals surface area contributed by atoms with Crippen molar-refractivity contribution in [2.45, 2.75) is 6.92 Å². The molecule has 0 aromatic heterocycles. The highest BCUT2D eigenvalue weighted by atomic mass is 16.5. The Labute approximate surface area is 81.5 Å². The van der Waals surface area contributed by atoms with Crippen molar-refractivity contribution in [2.75, 3.05) is 17.7 Å². The molecule has 1 amide bonds. The van der Waals surface area contributed by atoms with E-state index in [1.54, 1.807) is 19.1 Å². The zero-order valence-corrected chi connectivity index (χ0v) is 7.78. The molecule has 5 heteroatoms. The second kappa shape index (κ2) is 4.36. The van der Waals surface area contributed by atoms with Gasteiger partial charge < -0.3 is 15.6 Å². The maximum atomic E-state index is 11.0. The highest BCUT2D eigenvalue weighted by Gasteiger charge is 2.09. The number of ether oxygens (including phenoxy) is 1. The van der Waals surface area contributed by atoms with E-state index in [2.05, 4.69) is 10.1 Å². The molecule has 0 saturated heterocycles. The lowest BCUT2D eigenvalue weighted by atomic mass is 10.2. The summed E-state index contributed by atoms with van der Waals surface area (Å²) in [5.74, 6) is -0.0851. The number of nitrogens with two attached hydrogens (primary N) is 1. The Hall–Kier alpha value is -1.91. The molecule has 0 aliphatic carbocycles. The molecule has 0 aliphatic rings. The summed E-state index contributed by atoms with van der Waals surface area (Å²) in [4.78, 5) is 11.0. The molecule has 0 saturated carbocycles. The number of carbonyl (C=O) groups is 1. The van der Waals surface area contributed by atoms with Crippen molar-refractivity contribution in [3.63, 3.8) is 0 Å². The van der Waals surface area contributed by atoms with Crippen molar-refractivity contribution < 1.29 is 14.6 Å². The van der Waals surface area contributed by atoms with Crippen LogP contribution in [0.5, 0.6) is 5.75 Å². The van der Waals surface area contributed by atoms with Crippen LogP contribution in [0.3, 0.4) is 0 Å². The minimum atomic E-state index is -0.638. The van der Waals surface area contributed by atoms with Crippen LogP contribution in [0.25, 0.3) is 0 Å². The third kappa shape index (κ3) is 2.29. The number of amides is 1. The number of phenolic OH excluding ortho intramolecular Hbond substituents is 1. The van der Waals surface area contributed by atoms with E-state index in [-0.39, 0.29) is 23.7 Å². The topological polar surface area (TPSA) is 84.6 Å². The molecule has 0 unspecified atom stereocenters. The van der Waals surface area contributed by atoms with Crippen molar-refractivity contribution in [2.24, 2.45) is 0 Å². The van der Waals surface area contributed by atoms with Gasteiger partial charge in [0.1, 0.15) is 11.4 Å². The largest absolute Gasteiger partial charge is 0.506 e. The van der Waals surface area contributed by atoms with Gasteiger partial charge >= 0.3 is 6.09 Å². The molecule has 1 aromatic rings. The number of hydrogen-bond acceptors (Lipinski definition) is 4. The summed E-state index contributed by atoms with van der Waals surface area (Å²) in [6, 6.07) is 4.58. The maximum absolute atomic E-state index is 11.0. The zero-order chi connectivity index (χ0) is 10.6. The summed E-state index contributed by atoms with van der Waals surface area (Å²) in [7, 11) is 0. The Morgan fingerprint density at radius 2 is 2.36 bits per heavy atom. The van der Waals surface area contributed by atoms with Gasteiger partial charge in [-0.2, -0.15) is 0 Å². The number of benzene rings is 1. The number of anilines is 2. The average molecular weight is 196 g/mol. The second-order valence-corrected chi connectivity index (χ2v) is 2.59. The lowest BCUT2D eigenvalue weighted by molar-refractivity contribution is 0.168. The van der Waals surface area contributed by atoms with Crippen LogP contribution in [-0.4, -0.2) is 17.8 Å². The van der Waals surface area contributed by atoms with Gasteiger partial charge in [0.25, 0.3) is 0 Å². The summed E-state index contributed by atoms with van der Waals surface area (Å²) in [5.41, 5.74) is 6.00. The third-order valence-corrected chi connectivity index (χ3v) is 1.58. The van der Waals surface area contributed by atoms with E-state index < -0.39 is 6.09 Å². The molecule has 1 aromatic carbocycles. The number of para-hydroxylation sites is 1. The van der Waals surface area contributed by atoms with Gasteiger partial charge in [-0.05, 0) is 19.1 Å². The van der Waals surface area contributed by atoms with Gasteiger partial charge in [0.2, 0.25) is 0 Å². The fourth-order valence-electron chi connectivity index (χ4n) is 0.963. The molecule has 0 radical (unpaired) electrons. The third-order valence-electron chi connectivity index (χ3n) is 1.58. The fraction of sp³-hybridized carbons (Fsp3) is 0.222. The number of aromatic hydroxyl groups is 1. The highest BCUT2D eigenvalue weighted by molar-refractivity contribution is 5.91. The van der Waals surface area contributed by atoms with E-state index >= 15 is 0 Å². The lowest BCUT2D eigenvalue weighted by Crippen LogP contribution is -2.14. The average Bonchev–Trinajstić information content (AvgIpc) is 2.12. The van der Waals surface area contributed by atoms with Crippen molar-refractivity contribution in [3.05, 3.63) is 18.2 Å². The van der Waals surface area contributed by atoms with E-state index in [0.29, 0.717) is 0 Å². The van der Waals surface area contributed by atoms with Crippen molar-refractivity contribution >= 4 is 17.5 Å². The summed E-state index contributed by atoms with van der Waals surface area (Å²) in [6.07, 6.45) is -0.638. The Balaban J connectivity index is 2.80. The first-order valence-electron chi connectivity index (χ1n) is 4.16. The molecular weight excluding hydrogens is 184 g/mol. The predicted molar refractivity (Wildman–Crippen MR) is 53.2 cm³/mol. The minimum Gasteiger partial charge on any atom is -0.506 e. The van der Waals surface area contributed by atoms with Crippen LogP contribution in [0.15, 0.2) is 18.2 Å². The van der Waals surface area contributed by atoms with Crippen LogP contribution in [0.1, 0.15) is 6.92 Å². The maximum Gasteiger partial charge on any atom is 0.411 e. The smallest absolute Gasteiger partial charge is 0.411 e. The summed E-state index contributed by atoms with van der Waals surface area (Å²) >= 11 is 0. The van der Waals surface area contributed by atoms with Crippen LogP contribution < -0.4 is 11.1 Å². The minimum absolute atomic E-state index is 0.0851. The second-order valence-electron chi connectivity index (χ2n) is 2.59. The molecule has 14 heavy (non-hydrogen) atoms. The molecule has 5 nitrogen and oxygen atoms in total. The van der Waals surface area contributed by atoms with Crippen LogP contribution >= 0.6 is 0 Å². The fourth-order valence-corrected chi connectivity index (χ4v) is 0.963. The van der Waals surface area contributed by atoms with E-state index in [1.807, 2.05) is 0 Å². The van der Waals surface area contributed by atoms with Crippen LogP contribution in [0.2, 0.25) is 0 Å². The molecule has 0 atom stereocenters. The number of nitrogens with one attached hydrogen (secondary N) is 1. The van der Waals surface area contributed by atoms with Crippen molar-refractivity contribution in [1.82, 2.24) is 0 Å². The zero-order valence-electron chi connectivity index (χ0n) is 7.78. The van der Waals surface area contributed by atoms with E-state index in [0.717, 1.165) is 0 Å². The van der Waals surface area contributed by atoms with Crippen LogP contribution in [-0.2, 0) is 4.74 Å². The van der Waals surface area contributed by atoms with Crippen LogP contribution in [0, 0.1) is 0 Å². The molecular formula is C9H12N2O3. The molecule has 0 spiro atoms. The Kier molecular flexibility index (Phi) is 3.17. The van der Waals surface area contributed by atoms with E-state index in [9.17, 15) is 9.90 Å². The van der Waals surface area contributed by atoms with Crippen molar-refractivity contribution in [1.29, 1.82) is 0 Å². The number of rotatable bonds is 2. The predicted octanol–water partition coefficient (Wildman–Crippen LogP) is 1.54. The van der Waals surface area contributed by atoms with E-state index in [1.165, 1.54) is 6.07 Å². The first-order chi connectivity index (χ1) is 6.65. The van der Waals surface area contributed by atoms with Crippen LogP contribution in [0.4, 0.5) is 16.2 Å². The molecule has 4 N–H and O–H groups in total. The highest BCUT2D eigenvalue weighted by Crippen LogP contribution is 2.28. The van der Waals surface area contributed by atoms with Gasteiger partial charge in [0.15, 0.2) is 0 Å². The SMILES string of the molecule is CCOC(=O)Nc1c(N)cccc1O. The molecule has 76 valence electrons. The Morgan fingerprint density at radius 1 is 1.64 bits per heavy atom. The summed E-state index contributed by atoms with van der Waals surface area (Å²) in [5, 5.41) is 11.7. The van der Waals surface area contributed by atoms with Gasteiger partial charge in [0, 0.05) is 0 Å². The van der Waals surface area contributed by atoms with Crippen molar-refractivity contribution in [3.8, 4) is 5.75 Å². The normalized spacial score (nSPS) is 9.50. The quantitative estimate of drug-likeness (QED) is 0.494. The molecule has 0 heterocycles. The number of phenols is 1. The number of hydrogen-bond donors (Lipinski definition) is 3. The lowest BCUT2D eigenvalue weighted by Gasteiger charge is -2.09. The van der Waals surface area contributed by atoms with Gasteiger partial charge in [0.05, 0.1) is 12.3 Å². The number of nitrogen functional groups attached to an aromatic ring is 1. The molecule has 0 fully saturated rings. The summed E-state index contributed by atoms with van der Waals surface area (Å²) in [6.45, 7) is 1.95. The standard InChI is InChI=1S/C9H12N2O3/c1-2-14-9(13)11-8-6(10)4-3-5-7(8)12/h3-5,12H,2,10H2,1H3,(H,11,13). The van der Waals surface area contributed by atoms with Gasteiger partial charge in [-0.15, -0.1) is 0 Å². The van der Waals surface area contributed by atoms with Gasteiger partial charge in [-0.1, -0.05) is 6.07 Å².